The first-order valence-corrected chi connectivity index (χ1v) is 13.3. The van der Waals surface area contributed by atoms with Gasteiger partial charge in [0.2, 0.25) is 0 Å². The summed E-state index contributed by atoms with van der Waals surface area (Å²) >= 11 is 0. The van der Waals surface area contributed by atoms with Gasteiger partial charge in [-0.25, -0.2) is 0 Å². The maximum Gasteiger partial charge on any atom is 0.0705 e. The second-order valence-electron chi connectivity index (χ2n) is 10.5. The molecule has 4 aromatic carbocycles. The van der Waals surface area contributed by atoms with Crippen LogP contribution in [-0.2, 0) is 25.8 Å². The minimum absolute atomic E-state index is 0. The Morgan fingerprint density at radius 1 is 0.600 bits per heavy atom. The van der Waals surface area contributed by atoms with Crippen LogP contribution in [0.5, 0.6) is 0 Å². The Bertz CT molecular complexity index is 1510. The molecule has 1 heterocycles. The zero-order chi connectivity index (χ0) is 25.9. The van der Waals surface area contributed by atoms with E-state index in [1.165, 1.54) is 33.0 Å². The first-order chi connectivity index (χ1) is 17.9. The molecule has 0 radical (unpaired) electrons. The van der Waals surface area contributed by atoms with E-state index in [9.17, 15) is 0 Å². The van der Waals surface area contributed by atoms with Crippen molar-refractivity contribution >= 4 is 16.5 Å². The summed E-state index contributed by atoms with van der Waals surface area (Å²) < 4.78 is 0. The number of pyridine rings is 1. The summed E-state index contributed by atoms with van der Waals surface area (Å²) in [7, 11) is 0. The molecule has 0 aliphatic carbocycles. The van der Waals surface area contributed by atoms with Crippen molar-refractivity contribution in [3.8, 4) is 11.3 Å². The molecule has 1 unspecified atom stereocenters. The number of aryl methyl sites for hydroxylation is 1. The normalized spacial score (nSPS) is 11.4. The Kier molecular flexibility index (Phi) is 12.1. The average molecular weight is 692 g/mol. The second kappa shape index (κ2) is 14.6. The summed E-state index contributed by atoms with van der Waals surface area (Å²) in [6, 6.07) is 36.4. The van der Waals surface area contributed by atoms with Gasteiger partial charge in [-0.3, -0.25) is 4.98 Å². The molecule has 206 valence electrons. The van der Waals surface area contributed by atoms with E-state index in [0.717, 1.165) is 22.6 Å². The molecule has 0 fully saturated rings. The number of rotatable bonds is 7. The standard InChI is InChI=1S/C35H35N2.2CH3.Hf/c1-23(2)29-16-10-17-30(24(3)4)34(29)37-35(31-15-9-6-12-25(31)5)33-19-11-18-32(36-33)28-21-20-26-13-7-8-14-27(26)22-28;;;/h6-24,35H,1-5H3;2*1H3;/q3*-1;. The van der Waals surface area contributed by atoms with E-state index >= 15 is 0 Å². The molecule has 1 aromatic heterocycles. The molecule has 0 aliphatic rings. The fourth-order valence-corrected chi connectivity index (χ4v) is 5.09. The third kappa shape index (κ3) is 6.99. The van der Waals surface area contributed by atoms with E-state index in [-0.39, 0.29) is 46.7 Å². The molecule has 0 spiro atoms. The van der Waals surface area contributed by atoms with Gasteiger partial charge in [0, 0.05) is 37.1 Å². The van der Waals surface area contributed by atoms with Crippen molar-refractivity contribution in [3.05, 3.63) is 151 Å². The molecule has 40 heavy (non-hydrogen) atoms. The fraction of sp³-hybridized carbons (Fsp3) is 0.216. The molecule has 0 aliphatic heterocycles. The number of fused-ring (bicyclic) bond motifs is 1. The van der Waals surface area contributed by atoms with E-state index in [2.05, 4.69) is 138 Å². The van der Waals surface area contributed by atoms with Crippen LogP contribution in [0.15, 0.2) is 103 Å². The molecular weight excluding hydrogens is 651 g/mol. The van der Waals surface area contributed by atoms with Crippen molar-refractivity contribution in [2.75, 3.05) is 0 Å². The minimum Gasteiger partial charge on any atom is -0.673 e. The smallest absolute Gasteiger partial charge is 0.0705 e. The largest absolute Gasteiger partial charge is 0.673 e. The van der Waals surface area contributed by atoms with Crippen LogP contribution in [0.2, 0.25) is 0 Å². The summed E-state index contributed by atoms with van der Waals surface area (Å²) in [4.78, 5) is 5.22. The zero-order valence-corrected chi connectivity index (χ0v) is 28.5. The first-order valence-electron chi connectivity index (χ1n) is 13.3. The van der Waals surface area contributed by atoms with Crippen molar-refractivity contribution in [3.63, 3.8) is 0 Å². The number of para-hydroxylation sites is 1. The molecular formula is C37H41HfN2-3. The number of benzene rings is 4. The van der Waals surface area contributed by atoms with Gasteiger partial charge in [-0.1, -0.05) is 129 Å². The Morgan fingerprint density at radius 2 is 1.18 bits per heavy atom. The summed E-state index contributed by atoms with van der Waals surface area (Å²) in [5, 5.41) is 7.98. The Morgan fingerprint density at radius 3 is 1.82 bits per heavy atom. The van der Waals surface area contributed by atoms with Crippen molar-refractivity contribution in [1.82, 2.24) is 4.98 Å². The van der Waals surface area contributed by atoms with Crippen LogP contribution >= 0.6 is 0 Å². The van der Waals surface area contributed by atoms with E-state index in [4.69, 9.17) is 10.3 Å². The Hall–Kier alpha value is -3.04. The summed E-state index contributed by atoms with van der Waals surface area (Å²) in [5.74, 6) is 0.763. The molecule has 0 N–H and O–H groups in total. The number of aromatic nitrogens is 1. The van der Waals surface area contributed by atoms with Crippen LogP contribution in [0, 0.1) is 21.8 Å². The summed E-state index contributed by atoms with van der Waals surface area (Å²) in [6.45, 7) is 11.2. The van der Waals surface area contributed by atoms with Gasteiger partial charge in [-0.2, -0.15) is 0 Å². The van der Waals surface area contributed by atoms with Gasteiger partial charge < -0.3 is 20.2 Å². The quantitative estimate of drug-likeness (QED) is 0.123. The number of nitrogens with zero attached hydrogens (tertiary/aromatic N) is 2. The molecule has 1 atom stereocenters. The topological polar surface area (TPSA) is 27.0 Å². The summed E-state index contributed by atoms with van der Waals surface area (Å²) in [6.07, 6.45) is 0. The van der Waals surface area contributed by atoms with Gasteiger partial charge >= 0.3 is 0 Å². The van der Waals surface area contributed by atoms with E-state index in [0.29, 0.717) is 11.8 Å². The van der Waals surface area contributed by atoms with Crippen LogP contribution in [0.25, 0.3) is 27.3 Å². The predicted octanol–water partition coefficient (Wildman–Crippen LogP) is 11.1. The molecule has 0 amide bonds. The molecule has 5 aromatic rings. The van der Waals surface area contributed by atoms with Crippen LogP contribution in [0.4, 0.5) is 5.69 Å². The van der Waals surface area contributed by atoms with Crippen molar-refractivity contribution < 1.29 is 25.8 Å². The number of hydrogen-bond donors (Lipinski definition) is 0. The van der Waals surface area contributed by atoms with Crippen LogP contribution in [0.1, 0.15) is 73.5 Å². The maximum absolute atomic E-state index is 5.52. The van der Waals surface area contributed by atoms with Gasteiger partial charge in [0.25, 0.3) is 0 Å². The monoisotopic (exact) mass is 693 g/mol. The average Bonchev–Trinajstić information content (AvgIpc) is 2.91. The SMILES string of the molecule is Cc1ccccc1C([N-]c1c(C(C)C)cccc1C(C)C)c1cccc(-c2ccc3ccccc3c2)n1.[CH3-].[CH3-].[Hf]. The molecule has 0 saturated carbocycles. The predicted molar refractivity (Wildman–Crippen MR) is 171 cm³/mol. The van der Waals surface area contributed by atoms with Crippen molar-refractivity contribution in [2.24, 2.45) is 0 Å². The third-order valence-corrected chi connectivity index (χ3v) is 7.18. The van der Waals surface area contributed by atoms with E-state index in [1.807, 2.05) is 0 Å². The molecule has 2 nitrogen and oxygen atoms in total. The first kappa shape index (κ1) is 33.2. The molecule has 0 bridgehead atoms. The second-order valence-corrected chi connectivity index (χ2v) is 10.5. The van der Waals surface area contributed by atoms with E-state index in [1.54, 1.807) is 0 Å². The molecule has 0 saturated heterocycles. The molecule has 3 heteroatoms. The van der Waals surface area contributed by atoms with Crippen LogP contribution in [0.3, 0.4) is 0 Å². The summed E-state index contributed by atoms with van der Waals surface area (Å²) in [5.41, 5.74) is 9.16. The van der Waals surface area contributed by atoms with Crippen LogP contribution in [-0.4, -0.2) is 4.98 Å². The molecule has 5 rings (SSSR count). The van der Waals surface area contributed by atoms with Gasteiger partial charge in [0.15, 0.2) is 0 Å². The number of hydrogen-bond acceptors (Lipinski definition) is 1. The Labute approximate surface area is 261 Å². The minimum atomic E-state index is -0.195. The maximum atomic E-state index is 5.52. The van der Waals surface area contributed by atoms with Gasteiger partial charge in [-0.05, 0) is 59.3 Å². The van der Waals surface area contributed by atoms with Gasteiger partial charge in [-0.15, -0.1) is 5.69 Å². The van der Waals surface area contributed by atoms with Crippen molar-refractivity contribution in [1.29, 1.82) is 0 Å². The fourth-order valence-electron chi connectivity index (χ4n) is 5.09. The van der Waals surface area contributed by atoms with E-state index < -0.39 is 0 Å². The Balaban J connectivity index is 0.00000187. The third-order valence-electron chi connectivity index (χ3n) is 7.18. The van der Waals surface area contributed by atoms with Gasteiger partial charge in [0.05, 0.1) is 5.69 Å². The van der Waals surface area contributed by atoms with Crippen LogP contribution < -0.4 is 0 Å². The van der Waals surface area contributed by atoms with Crippen molar-refractivity contribution in [2.45, 2.75) is 52.5 Å². The van der Waals surface area contributed by atoms with Gasteiger partial charge in [0.1, 0.15) is 0 Å². The zero-order valence-electron chi connectivity index (χ0n) is 24.9.